The van der Waals surface area contributed by atoms with Gasteiger partial charge in [-0.25, -0.2) is 4.98 Å². The van der Waals surface area contributed by atoms with Gasteiger partial charge >= 0.3 is 0 Å². The number of aromatic nitrogens is 4. The predicted molar refractivity (Wildman–Crippen MR) is 111 cm³/mol. The van der Waals surface area contributed by atoms with Crippen molar-refractivity contribution in [3.05, 3.63) is 24.0 Å². The van der Waals surface area contributed by atoms with Crippen LogP contribution in [-0.2, 0) is 4.79 Å². The zero-order chi connectivity index (χ0) is 20.1. The van der Waals surface area contributed by atoms with E-state index >= 15 is 0 Å². The number of methoxy groups -OCH3 is 1. The van der Waals surface area contributed by atoms with Gasteiger partial charge in [-0.3, -0.25) is 9.20 Å². The summed E-state index contributed by atoms with van der Waals surface area (Å²) in [6.07, 6.45) is 4.30. The number of ketones is 1. The number of nitrogens with one attached hydrogen (secondary N) is 1. The smallest absolute Gasteiger partial charge is 0.204 e. The van der Waals surface area contributed by atoms with Gasteiger partial charge in [0.05, 0.1) is 18.1 Å². The monoisotopic (exact) mass is 383 g/mol. The lowest BCUT2D eigenvalue weighted by Crippen LogP contribution is -2.07. The van der Waals surface area contributed by atoms with Gasteiger partial charge in [0.25, 0.3) is 0 Å². The molecule has 0 saturated carbocycles. The molecule has 2 aromatic heterocycles. The van der Waals surface area contributed by atoms with Crippen molar-refractivity contribution < 1.29 is 9.53 Å². The van der Waals surface area contributed by atoms with E-state index in [0.717, 1.165) is 59.9 Å². The van der Waals surface area contributed by atoms with Gasteiger partial charge in [0.15, 0.2) is 5.82 Å². The summed E-state index contributed by atoms with van der Waals surface area (Å²) >= 11 is 0. The van der Waals surface area contributed by atoms with Crippen LogP contribution >= 0.6 is 0 Å². The lowest BCUT2D eigenvalue weighted by atomic mass is 10.0. The number of anilines is 1. The second-order valence-corrected chi connectivity index (χ2v) is 7.60. The van der Waals surface area contributed by atoms with Gasteiger partial charge in [-0.15, -0.1) is 10.2 Å². The zero-order valence-electron chi connectivity index (χ0n) is 17.2. The van der Waals surface area contributed by atoms with Crippen LogP contribution in [0.4, 0.5) is 5.82 Å². The molecular weight excluding hydrogens is 354 g/mol. The van der Waals surface area contributed by atoms with Crippen molar-refractivity contribution in [3.8, 4) is 5.75 Å². The number of hydrogen-bond acceptors (Lipinski definition) is 6. The van der Waals surface area contributed by atoms with E-state index < -0.39 is 0 Å². The number of carbonyl (C=O) groups excluding carboxylic acids is 1. The molecule has 0 spiro atoms. The van der Waals surface area contributed by atoms with E-state index in [0.29, 0.717) is 24.5 Å². The van der Waals surface area contributed by atoms with Crippen LogP contribution in [0.5, 0.6) is 5.75 Å². The van der Waals surface area contributed by atoms with E-state index in [4.69, 9.17) is 9.72 Å². The minimum atomic E-state index is 0.369. The highest BCUT2D eigenvalue weighted by Gasteiger charge is 2.13. The van der Waals surface area contributed by atoms with E-state index in [1.165, 1.54) is 0 Å². The number of aryl methyl sites for hydroxylation is 1. The van der Waals surface area contributed by atoms with Crippen molar-refractivity contribution in [1.29, 1.82) is 0 Å². The molecular formula is C21H29N5O2. The molecule has 2 heterocycles. The molecule has 0 radical (unpaired) electrons. The second-order valence-electron chi connectivity index (χ2n) is 7.60. The fraction of sp³-hybridized carbons (Fsp3) is 0.524. The number of rotatable bonds is 10. The number of carbonyl (C=O) groups is 1. The first kappa shape index (κ1) is 20.0. The third-order valence-electron chi connectivity index (χ3n) is 4.75. The Balaban J connectivity index is 1.65. The van der Waals surface area contributed by atoms with Crippen molar-refractivity contribution in [1.82, 2.24) is 19.6 Å². The minimum absolute atomic E-state index is 0.369. The van der Waals surface area contributed by atoms with Crippen molar-refractivity contribution in [2.75, 3.05) is 19.0 Å². The van der Waals surface area contributed by atoms with E-state index in [1.807, 2.05) is 29.5 Å². The number of unbranched alkanes of at least 4 members (excludes halogenated alkanes) is 2. The fourth-order valence-corrected chi connectivity index (χ4v) is 3.39. The van der Waals surface area contributed by atoms with E-state index in [-0.39, 0.29) is 0 Å². The number of hydrogen-bond donors (Lipinski definition) is 1. The highest BCUT2D eigenvalue weighted by molar-refractivity contribution is 5.84. The number of Topliss-reactive ketones (excluding diaryl/α,β-unsaturated/α-hetero) is 1. The van der Waals surface area contributed by atoms with Gasteiger partial charge in [-0.2, -0.15) is 0 Å². The van der Waals surface area contributed by atoms with Crippen LogP contribution in [0.15, 0.2) is 18.2 Å². The Morgan fingerprint density at radius 2 is 2.04 bits per heavy atom. The van der Waals surface area contributed by atoms with E-state index in [1.54, 1.807) is 7.11 Å². The number of ether oxygens (including phenoxy) is 1. The molecule has 0 unspecified atom stereocenters. The maximum atomic E-state index is 11.8. The Labute approximate surface area is 165 Å². The maximum absolute atomic E-state index is 11.8. The topological polar surface area (TPSA) is 81.4 Å². The van der Waals surface area contributed by atoms with Crippen LogP contribution in [0, 0.1) is 12.8 Å². The molecule has 0 fully saturated rings. The van der Waals surface area contributed by atoms with Crippen molar-refractivity contribution in [2.24, 2.45) is 5.92 Å². The van der Waals surface area contributed by atoms with Gasteiger partial charge in [-0.1, -0.05) is 20.3 Å². The first-order valence-corrected chi connectivity index (χ1v) is 9.94. The largest absolute Gasteiger partial charge is 0.497 e. The molecule has 28 heavy (non-hydrogen) atoms. The summed E-state index contributed by atoms with van der Waals surface area (Å²) < 4.78 is 7.33. The summed E-state index contributed by atoms with van der Waals surface area (Å²) in [7, 11) is 1.65. The van der Waals surface area contributed by atoms with Crippen LogP contribution in [0.25, 0.3) is 16.7 Å². The first-order chi connectivity index (χ1) is 13.5. The van der Waals surface area contributed by atoms with Crippen LogP contribution in [0.3, 0.4) is 0 Å². The molecule has 3 aromatic rings. The Bertz CT molecular complexity index is 964. The maximum Gasteiger partial charge on any atom is 0.204 e. The Morgan fingerprint density at radius 1 is 1.21 bits per heavy atom. The quantitative estimate of drug-likeness (QED) is 0.529. The first-order valence-electron chi connectivity index (χ1n) is 9.94. The molecule has 0 aliphatic carbocycles. The summed E-state index contributed by atoms with van der Waals surface area (Å²) in [6, 6.07) is 5.80. The highest BCUT2D eigenvalue weighted by atomic mass is 16.5. The third-order valence-corrected chi connectivity index (χ3v) is 4.75. The zero-order valence-corrected chi connectivity index (χ0v) is 17.2. The van der Waals surface area contributed by atoms with Gasteiger partial charge in [0.2, 0.25) is 5.65 Å². The second kappa shape index (κ2) is 8.99. The normalized spacial score (nSPS) is 11.5. The predicted octanol–water partition coefficient (Wildman–Crippen LogP) is 4.18. The van der Waals surface area contributed by atoms with Crippen molar-refractivity contribution in [2.45, 2.75) is 52.9 Å². The van der Waals surface area contributed by atoms with Crippen LogP contribution < -0.4 is 10.1 Å². The van der Waals surface area contributed by atoms with Crippen molar-refractivity contribution in [3.63, 3.8) is 0 Å². The van der Waals surface area contributed by atoms with Crippen LogP contribution in [-0.4, -0.2) is 39.0 Å². The molecule has 1 aromatic carbocycles. The summed E-state index contributed by atoms with van der Waals surface area (Å²) in [6.45, 7) is 6.88. The van der Waals surface area contributed by atoms with Crippen LogP contribution in [0.2, 0.25) is 0 Å². The van der Waals surface area contributed by atoms with E-state index in [2.05, 4.69) is 29.4 Å². The molecule has 3 rings (SSSR count). The summed E-state index contributed by atoms with van der Waals surface area (Å²) in [5.74, 6) is 3.12. The standard InChI is InChI=1S/C21H29N5O2/c1-14(2)12-16(27)8-6-5-7-11-22-20-21-25-24-15(3)26(21)19-10-9-17(28-4)13-18(19)23-20/h9-10,13-14H,5-8,11-12H2,1-4H3,(H,22,23). The molecule has 0 aliphatic heterocycles. The van der Waals surface area contributed by atoms with E-state index in [9.17, 15) is 4.79 Å². The van der Waals surface area contributed by atoms with Gasteiger partial charge in [0, 0.05) is 25.5 Å². The average molecular weight is 383 g/mol. The highest BCUT2D eigenvalue weighted by Crippen LogP contribution is 2.25. The van der Waals surface area contributed by atoms with Crippen molar-refractivity contribution >= 4 is 28.3 Å². The molecule has 0 amide bonds. The third kappa shape index (κ3) is 4.58. The lowest BCUT2D eigenvalue weighted by Gasteiger charge is -2.10. The summed E-state index contributed by atoms with van der Waals surface area (Å²) in [5.41, 5.74) is 2.51. The summed E-state index contributed by atoms with van der Waals surface area (Å²) in [4.78, 5) is 16.5. The molecule has 0 saturated heterocycles. The number of benzene rings is 1. The Hall–Kier alpha value is -2.70. The van der Waals surface area contributed by atoms with Crippen LogP contribution in [0.1, 0.15) is 51.8 Å². The number of fused-ring (bicyclic) bond motifs is 3. The van der Waals surface area contributed by atoms with Gasteiger partial charge in [0.1, 0.15) is 17.4 Å². The lowest BCUT2D eigenvalue weighted by molar-refractivity contribution is -0.119. The van der Waals surface area contributed by atoms with Gasteiger partial charge < -0.3 is 10.1 Å². The molecule has 1 N–H and O–H groups in total. The molecule has 7 heteroatoms. The Kier molecular flexibility index (Phi) is 6.44. The minimum Gasteiger partial charge on any atom is -0.497 e. The Morgan fingerprint density at radius 3 is 2.79 bits per heavy atom. The molecule has 150 valence electrons. The molecule has 0 aliphatic rings. The fourth-order valence-electron chi connectivity index (χ4n) is 3.39. The summed E-state index contributed by atoms with van der Waals surface area (Å²) in [5, 5.41) is 11.9. The molecule has 0 atom stereocenters. The molecule has 7 nitrogen and oxygen atoms in total. The number of nitrogens with zero attached hydrogens (tertiary/aromatic N) is 4. The van der Waals surface area contributed by atoms with Gasteiger partial charge in [-0.05, 0) is 37.8 Å². The average Bonchev–Trinajstić information content (AvgIpc) is 3.05. The SMILES string of the molecule is COc1ccc2c(c1)nc(NCCCCCC(=O)CC(C)C)c1nnc(C)n12. The molecule has 0 bridgehead atoms.